The first-order valence-corrected chi connectivity index (χ1v) is 25.1. The number of nitrogens with zero attached hydrogens (tertiary/aromatic N) is 3. The minimum Gasteiger partial charge on any atom is -0.456 e. The summed E-state index contributed by atoms with van der Waals surface area (Å²) in [7, 11) is 0. The maximum Gasteiger partial charge on any atom is 0.145 e. The lowest BCUT2D eigenvalue weighted by Crippen LogP contribution is -2.09. The van der Waals surface area contributed by atoms with E-state index in [1.807, 2.05) is 24.3 Å². The van der Waals surface area contributed by atoms with Gasteiger partial charge in [0.15, 0.2) is 0 Å². The summed E-state index contributed by atoms with van der Waals surface area (Å²) in [5.74, 6) is 0. The molecule has 0 aliphatic carbocycles. The molecule has 74 heavy (non-hydrogen) atoms. The molecule has 0 unspecified atom stereocenters. The lowest BCUT2D eigenvalue weighted by atomic mass is 9.99. The SMILES string of the molecule is c1ccc(N(c2ccc3cc4c(cc3c2)c2cc3c5ccccc5oc3c3c5cc6cc(N(c7ccccc7)c7ccc8oc9ccccc9c8c7)ccc6cc5n4c23)c2ccc3oc4ccccc4c3c2)cc1. The number of para-hydroxylation sites is 5. The van der Waals surface area contributed by atoms with Crippen LogP contribution >= 0.6 is 0 Å². The van der Waals surface area contributed by atoms with Gasteiger partial charge >= 0.3 is 0 Å². The molecule has 5 heterocycles. The summed E-state index contributed by atoms with van der Waals surface area (Å²) < 4.78 is 22.0. The maximum atomic E-state index is 6.93. The summed E-state index contributed by atoms with van der Waals surface area (Å²) in [6, 6.07) is 85.0. The third kappa shape index (κ3) is 5.59. The van der Waals surface area contributed by atoms with Crippen molar-refractivity contribution in [2.75, 3.05) is 9.80 Å². The van der Waals surface area contributed by atoms with Crippen LogP contribution in [0.4, 0.5) is 34.1 Å². The quantitative estimate of drug-likeness (QED) is 0.166. The average Bonchev–Trinajstić information content (AvgIpc) is 4.26. The van der Waals surface area contributed by atoms with Gasteiger partial charge in [-0.05, 0) is 155 Å². The van der Waals surface area contributed by atoms with Crippen molar-refractivity contribution in [3.63, 3.8) is 0 Å². The maximum absolute atomic E-state index is 6.93. The van der Waals surface area contributed by atoms with Gasteiger partial charge in [-0.1, -0.05) is 103 Å². The highest BCUT2D eigenvalue weighted by atomic mass is 16.3. The normalized spacial score (nSPS) is 12.3. The Bertz CT molecular complexity index is 5160. The van der Waals surface area contributed by atoms with Gasteiger partial charge in [-0.3, -0.25) is 0 Å². The van der Waals surface area contributed by atoms with Crippen LogP contribution < -0.4 is 9.80 Å². The lowest BCUT2D eigenvalue weighted by molar-refractivity contribution is 0.668. The van der Waals surface area contributed by atoms with E-state index < -0.39 is 0 Å². The van der Waals surface area contributed by atoms with Crippen LogP contribution in [0.3, 0.4) is 0 Å². The molecular formula is C68H39N3O3. The summed E-state index contributed by atoms with van der Waals surface area (Å²) in [6.07, 6.45) is 0. The minimum atomic E-state index is 0.876. The average molecular weight is 946 g/mol. The second-order valence-corrected chi connectivity index (χ2v) is 19.7. The summed E-state index contributed by atoms with van der Waals surface area (Å²) in [4.78, 5) is 4.70. The monoisotopic (exact) mass is 945 g/mol. The van der Waals surface area contributed by atoms with Crippen LogP contribution in [-0.4, -0.2) is 4.40 Å². The summed E-state index contributed by atoms with van der Waals surface area (Å²) in [5.41, 5.74) is 15.3. The van der Waals surface area contributed by atoms with Crippen molar-refractivity contribution in [2.45, 2.75) is 0 Å². The third-order valence-corrected chi connectivity index (χ3v) is 15.6. The molecule has 0 radical (unpaired) electrons. The molecule has 6 heteroatoms. The molecule has 0 fully saturated rings. The van der Waals surface area contributed by atoms with Crippen molar-refractivity contribution in [1.82, 2.24) is 4.40 Å². The van der Waals surface area contributed by atoms with Crippen molar-refractivity contribution in [2.24, 2.45) is 0 Å². The van der Waals surface area contributed by atoms with E-state index in [4.69, 9.17) is 13.3 Å². The Hall–Kier alpha value is -10.0. The largest absolute Gasteiger partial charge is 0.456 e. The van der Waals surface area contributed by atoms with Gasteiger partial charge in [0.1, 0.15) is 33.5 Å². The molecule has 17 rings (SSSR count). The molecule has 0 saturated heterocycles. The van der Waals surface area contributed by atoms with E-state index in [9.17, 15) is 0 Å². The number of anilines is 6. The van der Waals surface area contributed by atoms with Gasteiger partial charge in [-0.2, -0.15) is 0 Å². The fourth-order valence-electron chi connectivity index (χ4n) is 12.3. The molecule has 344 valence electrons. The number of benzene rings is 12. The van der Waals surface area contributed by atoms with E-state index in [1.54, 1.807) is 0 Å². The fraction of sp³-hybridized carbons (Fsp3) is 0. The van der Waals surface area contributed by atoms with Crippen LogP contribution in [0.25, 0.3) is 125 Å². The van der Waals surface area contributed by atoms with E-state index in [-0.39, 0.29) is 0 Å². The summed E-state index contributed by atoms with van der Waals surface area (Å²) in [5, 5.41) is 16.0. The molecule has 12 aromatic carbocycles. The van der Waals surface area contributed by atoms with Crippen molar-refractivity contribution in [3.8, 4) is 0 Å². The van der Waals surface area contributed by atoms with E-state index in [0.29, 0.717) is 0 Å². The standard InChI is InChI=1S/C68H39N3O3/c1-3-13-44(14-4-1)69(48-27-29-64-54(37-48)50-17-7-10-20-61(50)72-64)46-25-23-40-35-59-53(33-42(40)31-46)56-39-57-52-19-9-12-22-63(52)74-68(57)66-58-34-43-32-47(26-24-41(43)36-60(58)71(59)67(56)66)70(45-15-5-2-6-16-45)49-28-30-65-55(38-49)51-18-8-11-21-62(51)73-65/h1-39H. The van der Waals surface area contributed by atoms with Gasteiger partial charge in [0.25, 0.3) is 0 Å². The Morgan fingerprint density at radius 3 is 1.24 bits per heavy atom. The molecule has 0 amide bonds. The third-order valence-electron chi connectivity index (χ3n) is 15.6. The number of furan rings is 3. The highest BCUT2D eigenvalue weighted by molar-refractivity contribution is 6.34. The molecule has 6 nitrogen and oxygen atoms in total. The Morgan fingerprint density at radius 1 is 0.257 bits per heavy atom. The zero-order chi connectivity index (χ0) is 48.2. The Kier molecular flexibility index (Phi) is 7.91. The number of hydrogen-bond donors (Lipinski definition) is 0. The van der Waals surface area contributed by atoms with E-state index in [2.05, 4.69) is 227 Å². The molecule has 0 N–H and O–H groups in total. The van der Waals surface area contributed by atoms with Crippen LogP contribution in [0, 0.1) is 0 Å². The van der Waals surface area contributed by atoms with Gasteiger partial charge in [-0.25, -0.2) is 0 Å². The second kappa shape index (κ2) is 14.8. The lowest BCUT2D eigenvalue weighted by Gasteiger charge is -2.26. The molecule has 17 aromatic rings. The van der Waals surface area contributed by atoms with Crippen LogP contribution in [0.15, 0.2) is 250 Å². The first-order valence-electron chi connectivity index (χ1n) is 25.1. The van der Waals surface area contributed by atoms with Gasteiger partial charge in [-0.15, -0.1) is 0 Å². The fourth-order valence-corrected chi connectivity index (χ4v) is 12.3. The predicted molar refractivity (Wildman–Crippen MR) is 307 cm³/mol. The Balaban J connectivity index is 0.879. The molecule has 5 aromatic heterocycles. The first kappa shape index (κ1) is 39.7. The van der Waals surface area contributed by atoms with Gasteiger partial charge < -0.3 is 27.5 Å². The smallest absolute Gasteiger partial charge is 0.145 e. The molecule has 0 spiro atoms. The van der Waals surface area contributed by atoms with E-state index >= 15 is 0 Å². The summed E-state index contributed by atoms with van der Waals surface area (Å²) >= 11 is 0. The van der Waals surface area contributed by atoms with Crippen LogP contribution in [-0.2, 0) is 0 Å². The minimum absolute atomic E-state index is 0.876. The Labute approximate surface area is 421 Å². The molecular weight excluding hydrogens is 907 g/mol. The van der Waals surface area contributed by atoms with Gasteiger partial charge in [0, 0.05) is 82.6 Å². The molecule has 0 aliphatic heterocycles. The number of hydrogen-bond acceptors (Lipinski definition) is 5. The number of fused-ring (bicyclic) bond motifs is 18. The van der Waals surface area contributed by atoms with E-state index in [1.165, 1.54) is 32.6 Å². The molecule has 0 saturated carbocycles. The van der Waals surface area contributed by atoms with Gasteiger partial charge in [0.05, 0.1) is 21.9 Å². The highest BCUT2D eigenvalue weighted by Crippen LogP contribution is 2.49. The number of aromatic nitrogens is 1. The number of rotatable bonds is 6. The first-order chi connectivity index (χ1) is 36.6. The van der Waals surface area contributed by atoms with Gasteiger partial charge in [0.2, 0.25) is 0 Å². The zero-order valence-corrected chi connectivity index (χ0v) is 39.6. The second-order valence-electron chi connectivity index (χ2n) is 19.7. The molecule has 0 aliphatic rings. The van der Waals surface area contributed by atoms with Crippen molar-refractivity contribution >= 4 is 160 Å². The predicted octanol–water partition coefficient (Wildman–Crippen LogP) is 19.8. The summed E-state index contributed by atoms with van der Waals surface area (Å²) in [6.45, 7) is 0. The van der Waals surface area contributed by atoms with Crippen LogP contribution in [0.1, 0.15) is 0 Å². The van der Waals surface area contributed by atoms with Crippen LogP contribution in [0.2, 0.25) is 0 Å². The van der Waals surface area contributed by atoms with E-state index in [0.717, 1.165) is 127 Å². The zero-order valence-electron chi connectivity index (χ0n) is 39.6. The topological polar surface area (TPSA) is 50.3 Å². The molecule has 0 bridgehead atoms. The van der Waals surface area contributed by atoms with Crippen molar-refractivity contribution < 1.29 is 13.3 Å². The van der Waals surface area contributed by atoms with Crippen molar-refractivity contribution in [3.05, 3.63) is 237 Å². The highest BCUT2D eigenvalue weighted by Gasteiger charge is 2.25. The van der Waals surface area contributed by atoms with Crippen LogP contribution in [0.5, 0.6) is 0 Å². The molecule has 0 atom stereocenters. The Morgan fingerprint density at radius 2 is 0.689 bits per heavy atom. The van der Waals surface area contributed by atoms with Crippen molar-refractivity contribution in [1.29, 1.82) is 0 Å².